The van der Waals surface area contributed by atoms with Gasteiger partial charge in [-0.1, -0.05) is 44.7 Å². The molecule has 0 aromatic carbocycles. The van der Waals surface area contributed by atoms with Crippen molar-refractivity contribution in [2.24, 2.45) is 11.8 Å². The van der Waals surface area contributed by atoms with Crippen molar-refractivity contribution in [3.8, 4) is 0 Å². The molecule has 1 N–H and O–H groups in total. The van der Waals surface area contributed by atoms with Crippen LogP contribution < -0.4 is 5.32 Å². The Morgan fingerprint density at radius 2 is 2.05 bits per heavy atom. The molecular weight excluding hydrogens is 270 g/mol. The first-order valence-corrected chi connectivity index (χ1v) is 8.49. The number of aryl methyl sites for hydroxylation is 2. The lowest BCUT2D eigenvalue weighted by Crippen LogP contribution is -2.29. The molecule has 3 nitrogen and oxygen atoms in total. The molecule has 1 aromatic rings. The fourth-order valence-corrected chi connectivity index (χ4v) is 3.59. The topological polar surface area (TPSA) is 29.9 Å². The van der Waals surface area contributed by atoms with Crippen molar-refractivity contribution in [3.63, 3.8) is 0 Å². The van der Waals surface area contributed by atoms with Gasteiger partial charge in [-0.15, -0.1) is 0 Å². The normalized spacial score (nSPS) is 23.2. The van der Waals surface area contributed by atoms with E-state index >= 15 is 0 Å². The SMILES string of the molecule is CCc1nn(CC)c(CNCC2CCCCC2C)c1Cl. The quantitative estimate of drug-likeness (QED) is 0.859. The summed E-state index contributed by atoms with van der Waals surface area (Å²) in [5.41, 5.74) is 2.17. The Morgan fingerprint density at radius 3 is 2.70 bits per heavy atom. The van der Waals surface area contributed by atoms with Crippen LogP contribution in [0.1, 0.15) is 57.8 Å². The fraction of sp³-hybridized carbons (Fsp3) is 0.812. The molecule has 1 saturated carbocycles. The Labute approximate surface area is 128 Å². The summed E-state index contributed by atoms with van der Waals surface area (Å²) in [6.07, 6.45) is 6.46. The molecule has 1 aromatic heterocycles. The highest BCUT2D eigenvalue weighted by Gasteiger charge is 2.21. The molecule has 2 rings (SSSR count). The first-order chi connectivity index (χ1) is 9.67. The molecule has 4 heteroatoms. The zero-order valence-corrected chi connectivity index (χ0v) is 13.8. The van der Waals surface area contributed by atoms with E-state index in [0.29, 0.717) is 0 Å². The summed E-state index contributed by atoms with van der Waals surface area (Å²) in [5.74, 6) is 1.68. The minimum atomic E-state index is 0.825. The average Bonchev–Trinajstić information content (AvgIpc) is 2.77. The van der Waals surface area contributed by atoms with E-state index in [1.54, 1.807) is 0 Å². The van der Waals surface area contributed by atoms with E-state index in [-0.39, 0.29) is 0 Å². The van der Waals surface area contributed by atoms with E-state index in [1.807, 2.05) is 4.68 Å². The van der Waals surface area contributed by atoms with E-state index in [0.717, 1.165) is 54.3 Å². The monoisotopic (exact) mass is 297 g/mol. The molecule has 0 spiro atoms. The summed E-state index contributed by atoms with van der Waals surface area (Å²) < 4.78 is 2.04. The fourth-order valence-electron chi connectivity index (χ4n) is 3.26. The van der Waals surface area contributed by atoms with Gasteiger partial charge < -0.3 is 5.32 Å². The third-order valence-electron chi connectivity index (χ3n) is 4.68. The van der Waals surface area contributed by atoms with Crippen molar-refractivity contribution in [2.45, 2.75) is 66.0 Å². The molecule has 0 bridgehead atoms. The molecule has 0 aliphatic heterocycles. The molecule has 114 valence electrons. The third-order valence-corrected chi connectivity index (χ3v) is 5.12. The highest BCUT2D eigenvalue weighted by Crippen LogP contribution is 2.29. The summed E-state index contributed by atoms with van der Waals surface area (Å²) in [6, 6.07) is 0. The zero-order chi connectivity index (χ0) is 14.5. The van der Waals surface area contributed by atoms with Crippen LogP contribution >= 0.6 is 11.6 Å². The molecule has 1 aliphatic carbocycles. The highest BCUT2D eigenvalue weighted by molar-refractivity contribution is 6.31. The van der Waals surface area contributed by atoms with Crippen molar-refractivity contribution in [1.29, 1.82) is 0 Å². The number of hydrogen-bond donors (Lipinski definition) is 1. The first kappa shape index (κ1) is 15.8. The maximum absolute atomic E-state index is 6.44. The van der Waals surface area contributed by atoms with Gasteiger partial charge in [0, 0.05) is 13.1 Å². The summed E-state index contributed by atoms with van der Waals surface area (Å²) in [5, 5.41) is 9.04. The highest BCUT2D eigenvalue weighted by atomic mass is 35.5. The molecule has 0 amide bonds. The lowest BCUT2D eigenvalue weighted by atomic mass is 9.80. The molecule has 2 unspecified atom stereocenters. The van der Waals surface area contributed by atoms with Crippen LogP contribution in [-0.2, 0) is 19.5 Å². The molecule has 20 heavy (non-hydrogen) atoms. The van der Waals surface area contributed by atoms with Crippen LogP contribution in [0.25, 0.3) is 0 Å². The predicted molar refractivity (Wildman–Crippen MR) is 85.1 cm³/mol. The molecule has 1 aliphatic rings. The second kappa shape index (κ2) is 7.46. The summed E-state index contributed by atoms with van der Waals surface area (Å²) >= 11 is 6.44. The van der Waals surface area contributed by atoms with E-state index in [2.05, 4.69) is 31.2 Å². The van der Waals surface area contributed by atoms with Gasteiger partial charge in [0.25, 0.3) is 0 Å². The van der Waals surface area contributed by atoms with Gasteiger partial charge in [0.15, 0.2) is 0 Å². The van der Waals surface area contributed by atoms with Gasteiger partial charge in [0.1, 0.15) is 0 Å². The first-order valence-electron chi connectivity index (χ1n) is 8.12. The molecule has 1 fully saturated rings. The van der Waals surface area contributed by atoms with Crippen LogP contribution in [0.4, 0.5) is 0 Å². The van der Waals surface area contributed by atoms with Crippen molar-refractivity contribution < 1.29 is 0 Å². The van der Waals surface area contributed by atoms with Gasteiger partial charge in [-0.05, 0) is 38.1 Å². The standard InChI is InChI=1S/C16H28ClN3/c1-4-14-16(17)15(20(5-2)19-14)11-18-10-13-9-7-6-8-12(13)3/h12-13,18H,4-11H2,1-3H3. The van der Waals surface area contributed by atoms with Crippen LogP contribution in [-0.4, -0.2) is 16.3 Å². The minimum Gasteiger partial charge on any atom is -0.311 e. The largest absolute Gasteiger partial charge is 0.311 e. The zero-order valence-electron chi connectivity index (χ0n) is 13.1. The van der Waals surface area contributed by atoms with Gasteiger partial charge in [-0.25, -0.2) is 0 Å². The average molecular weight is 298 g/mol. The van der Waals surface area contributed by atoms with Gasteiger partial charge in [-0.3, -0.25) is 4.68 Å². The van der Waals surface area contributed by atoms with Crippen molar-refractivity contribution in [1.82, 2.24) is 15.1 Å². The molecule has 0 radical (unpaired) electrons. The van der Waals surface area contributed by atoms with E-state index in [9.17, 15) is 0 Å². The Balaban J connectivity index is 1.91. The van der Waals surface area contributed by atoms with Crippen LogP contribution in [0.3, 0.4) is 0 Å². The van der Waals surface area contributed by atoms with E-state index < -0.39 is 0 Å². The summed E-state index contributed by atoms with van der Waals surface area (Å²) in [4.78, 5) is 0. The van der Waals surface area contributed by atoms with Crippen molar-refractivity contribution >= 4 is 11.6 Å². The summed E-state index contributed by atoms with van der Waals surface area (Å²) in [7, 11) is 0. The second-order valence-electron chi connectivity index (χ2n) is 6.03. The number of nitrogens with zero attached hydrogens (tertiary/aromatic N) is 2. The number of aromatic nitrogens is 2. The van der Waals surface area contributed by atoms with E-state index in [4.69, 9.17) is 11.6 Å². The maximum Gasteiger partial charge on any atom is 0.0863 e. The number of halogens is 1. The lowest BCUT2D eigenvalue weighted by molar-refractivity contribution is 0.247. The van der Waals surface area contributed by atoms with Crippen LogP contribution in [0.5, 0.6) is 0 Å². The van der Waals surface area contributed by atoms with Crippen LogP contribution in [0.15, 0.2) is 0 Å². The van der Waals surface area contributed by atoms with Gasteiger partial charge >= 0.3 is 0 Å². The summed E-state index contributed by atoms with van der Waals surface area (Å²) in [6.45, 7) is 9.45. The molecule has 2 atom stereocenters. The third kappa shape index (κ3) is 3.56. The van der Waals surface area contributed by atoms with Gasteiger partial charge in [0.2, 0.25) is 0 Å². The predicted octanol–water partition coefficient (Wildman–Crippen LogP) is 4.03. The Kier molecular flexibility index (Phi) is 5.91. The smallest absolute Gasteiger partial charge is 0.0863 e. The van der Waals surface area contributed by atoms with Crippen molar-refractivity contribution in [3.05, 3.63) is 16.4 Å². The molecule has 1 heterocycles. The molecule has 0 saturated heterocycles. The Bertz CT molecular complexity index is 428. The van der Waals surface area contributed by atoms with Crippen LogP contribution in [0.2, 0.25) is 5.02 Å². The second-order valence-corrected chi connectivity index (χ2v) is 6.41. The number of hydrogen-bond acceptors (Lipinski definition) is 2. The van der Waals surface area contributed by atoms with Gasteiger partial charge in [-0.2, -0.15) is 5.10 Å². The lowest BCUT2D eigenvalue weighted by Gasteiger charge is -2.28. The number of rotatable bonds is 6. The molecular formula is C16H28ClN3. The van der Waals surface area contributed by atoms with Gasteiger partial charge in [0.05, 0.1) is 16.4 Å². The Hall–Kier alpha value is -0.540. The Morgan fingerprint density at radius 1 is 1.30 bits per heavy atom. The van der Waals surface area contributed by atoms with Crippen LogP contribution in [0, 0.1) is 11.8 Å². The maximum atomic E-state index is 6.44. The van der Waals surface area contributed by atoms with Crippen molar-refractivity contribution in [2.75, 3.05) is 6.54 Å². The van der Waals surface area contributed by atoms with E-state index in [1.165, 1.54) is 25.7 Å². The minimum absolute atomic E-state index is 0.825. The number of nitrogens with one attached hydrogen (secondary N) is 1.